The second-order valence-corrected chi connectivity index (χ2v) is 5.25. The standard InChI is InChI=1S/C16H20N2/c1-3-12-8-10-13(11-9-12)16-14-6-4-5-7-15(14)17-18(16)2/h3-7,13H,8-11H2,1-2H3. The Bertz CT molecular complexity index is 582. The van der Waals surface area contributed by atoms with E-state index in [9.17, 15) is 0 Å². The summed E-state index contributed by atoms with van der Waals surface area (Å²) in [5.41, 5.74) is 4.19. The van der Waals surface area contributed by atoms with E-state index in [0.29, 0.717) is 5.92 Å². The number of benzene rings is 1. The molecule has 0 bridgehead atoms. The predicted molar refractivity (Wildman–Crippen MR) is 75.7 cm³/mol. The highest BCUT2D eigenvalue weighted by atomic mass is 15.3. The molecular weight excluding hydrogens is 220 g/mol. The fraction of sp³-hybridized carbons (Fsp3) is 0.438. The molecule has 1 fully saturated rings. The van der Waals surface area contributed by atoms with Crippen molar-refractivity contribution in [3.8, 4) is 0 Å². The molecule has 0 spiro atoms. The summed E-state index contributed by atoms with van der Waals surface area (Å²) >= 11 is 0. The van der Waals surface area contributed by atoms with Crippen molar-refractivity contribution in [2.45, 2.75) is 38.5 Å². The van der Waals surface area contributed by atoms with Crippen molar-refractivity contribution in [3.63, 3.8) is 0 Å². The molecule has 0 radical (unpaired) electrons. The Morgan fingerprint density at radius 2 is 1.94 bits per heavy atom. The maximum absolute atomic E-state index is 4.63. The van der Waals surface area contributed by atoms with Crippen molar-refractivity contribution in [2.24, 2.45) is 7.05 Å². The molecule has 2 aromatic rings. The Morgan fingerprint density at radius 3 is 2.67 bits per heavy atom. The molecular formula is C16H20N2. The Labute approximate surface area is 108 Å². The van der Waals surface area contributed by atoms with Crippen molar-refractivity contribution in [3.05, 3.63) is 41.6 Å². The lowest BCUT2D eigenvalue weighted by molar-refractivity contribution is 0.487. The van der Waals surface area contributed by atoms with E-state index in [0.717, 1.165) is 5.52 Å². The maximum Gasteiger partial charge on any atom is 0.0926 e. The van der Waals surface area contributed by atoms with Crippen LogP contribution in [-0.2, 0) is 7.05 Å². The zero-order valence-electron chi connectivity index (χ0n) is 11.2. The second kappa shape index (κ2) is 4.60. The summed E-state index contributed by atoms with van der Waals surface area (Å²) < 4.78 is 2.09. The van der Waals surface area contributed by atoms with Crippen molar-refractivity contribution in [2.75, 3.05) is 0 Å². The summed E-state index contributed by atoms with van der Waals surface area (Å²) in [5, 5.41) is 5.97. The van der Waals surface area contributed by atoms with Crippen LogP contribution in [0.15, 0.2) is 35.9 Å². The molecule has 1 aromatic carbocycles. The van der Waals surface area contributed by atoms with E-state index in [1.807, 2.05) is 0 Å². The molecule has 18 heavy (non-hydrogen) atoms. The number of nitrogens with zero attached hydrogens (tertiary/aromatic N) is 2. The first-order chi connectivity index (χ1) is 8.79. The third kappa shape index (κ3) is 1.86. The average molecular weight is 240 g/mol. The van der Waals surface area contributed by atoms with E-state index in [-0.39, 0.29) is 0 Å². The van der Waals surface area contributed by atoms with Crippen molar-refractivity contribution >= 4 is 10.9 Å². The minimum atomic E-state index is 0.672. The van der Waals surface area contributed by atoms with Gasteiger partial charge in [0.05, 0.1) is 5.52 Å². The first-order valence-electron chi connectivity index (χ1n) is 6.85. The van der Waals surface area contributed by atoms with Crippen molar-refractivity contribution in [1.82, 2.24) is 9.78 Å². The molecule has 0 aliphatic heterocycles. The maximum atomic E-state index is 4.63. The van der Waals surface area contributed by atoms with Gasteiger partial charge < -0.3 is 0 Å². The first-order valence-corrected chi connectivity index (χ1v) is 6.85. The SMILES string of the molecule is CC=C1CCC(c2c3ccccc3nn2C)CC1. The largest absolute Gasteiger partial charge is 0.271 e. The van der Waals surface area contributed by atoms with Gasteiger partial charge in [-0.15, -0.1) is 0 Å². The quantitative estimate of drug-likeness (QED) is 0.684. The van der Waals surface area contributed by atoms with E-state index in [4.69, 9.17) is 0 Å². The highest BCUT2D eigenvalue weighted by Crippen LogP contribution is 2.37. The molecule has 0 unspecified atom stereocenters. The summed E-state index contributed by atoms with van der Waals surface area (Å²) in [6.07, 6.45) is 7.32. The Hall–Kier alpha value is -1.57. The molecule has 1 saturated carbocycles. The van der Waals surface area contributed by atoms with Crippen LogP contribution in [0.2, 0.25) is 0 Å². The van der Waals surface area contributed by atoms with Crippen LogP contribution in [0.1, 0.15) is 44.2 Å². The number of rotatable bonds is 1. The summed E-state index contributed by atoms with van der Waals surface area (Å²) in [5.74, 6) is 0.672. The van der Waals surface area contributed by atoms with Gasteiger partial charge in [0.25, 0.3) is 0 Å². The predicted octanol–water partition coefficient (Wildman–Crippen LogP) is 4.18. The van der Waals surface area contributed by atoms with Crippen LogP contribution >= 0.6 is 0 Å². The fourth-order valence-corrected chi connectivity index (χ4v) is 3.20. The van der Waals surface area contributed by atoms with Gasteiger partial charge in [0.15, 0.2) is 0 Å². The third-order valence-electron chi connectivity index (χ3n) is 4.21. The lowest BCUT2D eigenvalue weighted by atomic mass is 9.83. The smallest absolute Gasteiger partial charge is 0.0926 e. The summed E-state index contributed by atoms with van der Waals surface area (Å²) in [7, 11) is 2.08. The Kier molecular flexibility index (Phi) is 2.94. The zero-order chi connectivity index (χ0) is 12.5. The summed E-state index contributed by atoms with van der Waals surface area (Å²) in [6, 6.07) is 8.51. The molecule has 0 amide bonds. The first kappa shape index (κ1) is 11.5. The van der Waals surface area contributed by atoms with Crippen LogP contribution in [-0.4, -0.2) is 9.78 Å². The number of allylic oxidation sites excluding steroid dienone is 2. The number of aromatic nitrogens is 2. The van der Waals surface area contributed by atoms with Gasteiger partial charge >= 0.3 is 0 Å². The molecule has 3 rings (SSSR count). The van der Waals surface area contributed by atoms with E-state index in [2.05, 4.69) is 54.1 Å². The molecule has 0 saturated heterocycles. The number of fused-ring (bicyclic) bond motifs is 1. The topological polar surface area (TPSA) is 17.8 Å². The monoisotopic (exact) mass is 240 g/mol. The van der Waals surface area contributed by atoms with Crippen molar-refractivity contribution in [1.29, 1.82) is 0 Å². The molecule has 0 atom stereocenters. The second-order valence-electron chi connectivity index (χ2n) is 5.25. The van der Waals surface area contributed by atoms with Crippen LogP contribution in [0.25, 0.3) is 10.9 Å². The summed E-state index contributed by atoms with van der Waals surface area (Å²) in [4.78, 5) is 0. The number of hydrogen-bond acceptors (Lipinski definition) is 1. The Balaban J connectivity index is 1.97. The highest BCUT2D eigenvalue weighted by Gasteiger charge is 2.22. The van der Waals surface area contributed by atoms with Gasteiger partial charge in [-0.25, -0.2) is 0 Å². The van der Waals surface area contributed by atoms with Crippen molar-refractivity contribution < 1.29 is 0 Å². The minimum absolute atomic E-state index is 0.672. The van der Waals surface area contributed by atoms with Crippen LogP contribution in [0.4, 0.5) is 0 Å². The molecule has 1 aromatic heterocycles. The minimum Gasteiger partial charge on any atom is -0.271 e. The fourth-order valence-electron chi connectivity index (χ4n) is 3.20. The molecule has 1 aliphatic carbocycles. The molecule has 0 N–H and O–H groups in total. The van der Waals surface area contributed by atoms with Gasteiger partial charge in [-0.2, -0.15) is 5.10 Å². The van der Waals surface area contributed by atoms with E-state index >= 15 is 0 Å². The van der Waals surface area contributed by atoms with E-state index in [1.165, 1.54) is 36.8 Å². The van der Waals surface area contributed by atoms with Crippen LogP contribution in [0, 0.1) is 0 Å². The van der Waals surface area contributed by atoms with E-state index < -0.39 is 0 Å². The molecule has 2 heteroatoms. The molecule has 1 aliphatic rings. The normalized spacial score (nSPS) is 20.3. The third-order valence-corrected chi connectivity index (χ3v) is 4.21. The molecule has 1 heterocycles. The highest BCUT2D eigenvalue weighted by molar-refractivity contribution is 5.82. The van der Waals surface area contributed by atoms with Gasteiger partial charge in [-0.3, -0.25) is 4.68 Å². The van der Waals surface area contributed by atoms with Gasteiger partial charge in [0, 0.05) is 24.0 Å². The van der Waals surface area contributed by atoms with Crippen LogP contribution < -0.4 is 0 Å². The zero-order valence-corrected chi connectivity index (χ0v) is 11.2. The van der Waals surface area contributed by atoms with E-state index in [1.54, 1.807) is 5.57 Å². The lowest BCUT2D eigenvalue weighted by Gasteiger charge is -2.24. The average Bonchev–Trinajstić information content (AvgIpc) is 2.75. The van der Waals surface area contributed by atoms with Gasteiger partial charge in [-0.05, 0) is 38.7 Å². The van der Waals surface area contributed by atoms with Gasteiger partial charge in [0.1, 0.15) is 0 Å². The Morgan fingerprint density at radius 1 is 1.22 bits per heavy atom. The molecule has 2 nitrogen and oxygen atoms in total. The summed E-state index contributed by atoms with van der Waals surface area (Å²) in [6.45, 7) is 2.16. The lowest BCUT2D eigenvalue weighted by Crippen LogP contribution is -2.11. The molecule has 94 valence electrons. The van der Waals surface area contributed by atoms with Crippen LogP contribution in [0.3, 0.4) is 0 Å². The van der Waals surface area contributed by atoms with Gasteiger partial charge in [0.2, 0.25) is 0 Å². The number of hydrogen-bond donors (Lipinski definition) is 0. The van der Waals surface area contributed by atoms with Crippen LogP contribution in [0.5, 0.6) is 0 Å². The van der Waals surface area contributed by atoms with Gasteiger partial charge in [-0.1, -0.05) is 29.8 Å². The number of aryl methyl sites for hydroxylation is 1.